The molecule has 0 saturated carbocycles. The molecule has 1 aliphatic heterocycles. The monoisotopic (exact) mass is 348 g/mol. The Morgan fingerprint density at radius 1 is 0.962 bits per heavy atom. The van der Waals surface area contributed by atoms with Crippen LogP contribution >= 0.6 is 0 Å². The lowest BCUT2D eigenvalue weighted by Gasteiger charge is -2.27. The van der Waals surface area contributed by atoms with E-state index in [0.29, 0.717) is 12.0 Å². The van der Waals surface area contributed by atoms with E-state index in [0.717, 1.165) is 44.3 Å². The number of piperidine rings is 1. The third-order valence-corrected chi connectivity index (χ3v) is 5.44. The van der Waals surface area contributed by atoms with E-state index >= 15 is 0 Å². The first-order valence-electron chi connectivity index (χ1n) is 9.51. The maximum absolute atomic E-state index is 12.7. The van der Waals surface area contributed by atoms with Crippen molar-refractivity contribution in [1.29, 1.82) is 0 Å². The minimum Gasteiger partial charge on any atom is -0.345 e. The quantitative estimate of drug-likeness (QED) is 0.911. The summed E-state index contributed by atoms with van der Waals surface area (Å²) in [5.41, 5.74) is 4.10. The summed E-state index contributed by atoms with van der Waals surface area (Å²) >= 11 is 0. The Hall–Kier alpha value is -2.62. The predicted octanol–water partition coefficient (Wildman–Crippen LogP) is 4.01. The number of rotatable bonds is 3. The summed E-state index contributed by atoms with van der Waals surface area (Å²) in [7, 11) is 0. The maximum Gasteiger partial charge on any atom is 0.251 e. The lowest BCUT2D eigenvalue weighted by molar-refractivity contribution is -0.119. The fraction of sp³-hybridized carbons (Fsp3) is 0.364. The Morgan fingerprint density at radius 2 is 1.77 bits per heavy atom. The normalized spacial score (nSPS) is 19.8. The van der Waals surface area contributed by atoms with Crippen LogP contribution in [0.1, 0.15) is 59.6 Å². The number of nitrogens with zero attached hydrogens (tertiary/aromatic N) is 1. The number of aryl methyl sites for hydroxylation is 1. The van der Waals surface area contributed by atoms with Crippen LogP contribution in [-0.4, -0.2) is 18.4 Å². The molecule has 0 aromatic heterocycles. The number of amides is 2. The highest BCUT2D eigenvalue weighted by atomic mass is 16.2. The van der Waals surface area contributed by atoms with Gasteiger partial charge in [-0.2, -0.15) is 0 Å². The SMILES string of the molecule is O=C(N[C@@H]1CCCc2ccccc21)c1ccc(N2CCCCC2=O)cc1. The van der Waals surface area contributed by atoms with Gasteiger partial charge in [-0.05, 0) is 67.5 Å². The molecule has 0 unspecified atom stereocenters. The van der Waals surface area contributed by atoms with Crippen molar-refractivity contribution in [3.8, 4) is 0 Å². The average molecular weight is 348 g/mol. The third kappa shape index (κ3) is 3.36. The van der Waals surface area contributed by atoms with Crippen LogP contribution in [0.3, 0.4) is 0 Å². The van der Waals surface area contributed by atoms with Crippen molar-refractivity contribution in [3.05, 3.63) is 65.2 Å². The zero-order valence-electron chi connectivity index (χ0n) is 14.9. The van der Waals surface area contributed by atoms with E-state index in [9.17, 15) is 9.59 Å². The van der Waals surface area contributed by atoms with Crippen LogP contribution in [0.2, 0.25) is 0 Å². The largest absolute Gasteiger partial charge is 0.345 e. The Kier molecular flexibility index (Phi) is 4.74. The van der Waals surface area contributed by atoms with E-state index < -0.39 is 0 Å². The molecule has 2 aromatic rings. The average Bonchev–Trinajstić information content (AvgIpc) is 2.69. The van der Waals surface area contributed by atoms with E-state index in [1.807, 2.05) is 35.2 Å². The van der Waals surface area contributed by atoms with Crippen molar-refractivity contribution in [2.24, 2.45) is 0 Å². The fourth-order valence-electron chi connectivity index (χ4n) is 4.02. The van der Waals surface area contributed by atoms with E-state index in [2.05, 4.69) is 23.5 Å². The second-order valence-electron chi connectivity index (χ2n) is 7.17. The molecule has 2 aliphatic rings. The summed E-state index contributed by atoms with van der Waals surface area (Å²) < 4.78 is 0. The zero-order chi connectivity index (χ0) is 17.9. The molecule has 26 heavy (non-hydrogen) atoms. The van der Waals surface area contributed by atoms with Gasteiger partial charge < -0.3 is 10.2 Å². The highest BCUT2D eigenvalue weighted by Gasteiger charge is 2.23. The summed E-state index contributed by atoms with van der Waals surface area (Å²) in [5, 5.41) is 3.18. The first kappa shape index (κ1) is 16.8. The van der Waals surface area contributed by atoms with Crippen LogP contribution in [0.15, 0.2) is 48.5 Å². The number of carbonyl (C=O) groups excluding carboxylic acids is 2. The van der Waals surface area contributed by atoms with Gasteiger partial charge >= 0.3 is 0 Å². The smallest absolute Gasteiger partial charge is 0.251 e. The van der Waals surface area contributed by atoms with Gasteiger partial charge in [-0.1, -0.05) is 24.3 Å². The first-order chi connectivity index (χ1) is 12.7. The predicted molar refractivity (Wildman–Crippen MR) is 102 cm³/mol. The van der Waals surface area contributed by atoms with Crippen LogP contribution < -0.4 is 10.2 Å². The van der Waals surface area contributed by atoms with Gasteiger partial charge in [0.1, 0.15) is 0 Å². The molecule has 1 N–H and O–H groups in total. The van der Waals surface area contributed by atoms with E-state index in [1.54, 1.807) is 0 Å². The van der Waals surface area contributed by atoms with Crippen LogP contribution in [-0.2, 0) is 11.2 Å². The van der Waals surface area contributed by atoms with Gasteiger partial charge in [0.05, 0.1) is 6.04 Å². The highest BCUT2D eigenvalue weighted by molar-refractivity contribution is 5.97. The molecule has 0 radical (unpaired) electrons. The minimum atomic E-state index is -0.0526. The van der Waals surface area contributed by atoms with Crippen LogP contribution in [0, 0.1) is 0 Å². The lowest BCUT2D eigenvalue weighted by atomic mass is 9.87. The van der Waals surface area contributed by atoms with Crippen molar-refractivity contribution in [2.45, 2.75) is 44.6 Å². The molecule has 1 fully saturated rings. The molecule has 134 valence electrons. The van der Waals surface area contributed by atoms with Gasteiger partial charge in [0.2, 0.25) is 5.91 Å². The maximum atomic E-state index is 12.7. The number of benzene rings is 2. The third-order valence-electron chi connectivity index (χ3n) is 5.44. The number of anilines is 1. The van der Waals surface area contributed by atoms with Crippen LogP contribution in [0.25, 0.3) is 0 Å². The topological polar surface area (TPSA) is 49.4 Å². The minimum absolute atomic E-state index is 0.0526. The van der Waals surface area contributed by atoms with E-state index in [4.69, 9.17) is 0 Å². The molecule has 1 aliphatic carbocycles. The summed E-state index contributed by atoms with van der Waals surface area (Å²) in [6, 6.07) is 15.8. The van der Waals surface area contributed by atoms with Crippen molar-refractivity contribution in [1.82, 2.24) is 5.32 Å². The van der Waals surface area contributed by atoms with Gasteiger partial charge in [-0.25, -0.2) is 0 Å². The van der Waals surface area contributed by atoms with Crippen molar-refractivity contribution in [3.63, 3.8) is 0 Å². The van der Waals surface area contributed by atoms with Crippen LogP contribution in [0.5, 0.6) is 0 Å². The van der Waals surface area contributed by atoms with Gasteiger partial charge in [0.15, 0.2) is 0 Å². The molecule has 4 rings (SSSR count). The van der Waals surface area contributed by atoms with Crippen molar-refractivity contribution < 1.29 is 9.59 Å². The number of hydrogen-bond donors (Lipinski definition) is 1. The molecule has 0 bridgehead atoms. The summed E-state index contributed by atoms with van der Waals surface area (Å²) in [6.45, 7) is 0.767. The molecule has 4 nitrogen and oxygen atoms in total. The molecular formula is C22H24N2O2. The van der Waals surface area contributed by atoms with Crippen LogP contribution in [0.4, 0.5) is 5.69 Å². The summed E-state index contributed by atoms with van der Waals surface area (Å²) in [6.07, 6.45) is 5.78. The Morgan fingerprint density at radius 3 is 2.58 bits per heavy atom. The number of carbonyl (C=O) groups is 2. The number of nitrogens with one attached hydrogen (secondary N) is 1. The summed E-state index contributed by atoms with van der Waals surface area (Å²) in [5.74, 6) is 0.121. The van der Waals surface area contributed by atoms with Gasteiger partial charge in [0.25, 0.3) is 5.91 Å². The van der Waals surface area contributed by atoms with E-state index in [1.165, 1.54) is 11.1 Å². The standard InChI is InChI=1S/C22H24N2O2/c25-21-10-3-4-15-24(21)18-13-11-17(12-14-18)22(26)23-20-9-5-7-16-6-1-2-8-19(16)20/h1-2,6,8,11-14,20H,3-5,7,9-10,15H2,(H,23,26)/t20-/m1/s1. The second-order valence-corrected chi connectivity index (χ2v) is 7.17. The molecule has 4 heteroatoms. The first-order valence-corrected chi connectivity index (χ1v) is 9.51. The number of hydrogen-bond acceptors (Lipinski definition) is 2. The van der Waals surface area contributed by atoms with Crippen molar-refractivity contribution in [2.75, 3.05) is 11.4 Å². The van der Waals surface area contributed by atoms with Crippen molar-refractivity contribution >= 4 is 17.5 Å². The summed E-state index contributed by atoms with van der Waals surface area (Å²) in [4.78, 5) is 26.5. The molecule has 2 aromatic carbocycles. The Labute approximate surface area is 154 Å². The second kappa shape index (κ2) is 7.32. The fourth-order valence-corrected chi connectivity index (χ4v) is 4.02. The Balaban J connectivity index is 1.47. The van der Waals surface area contributed by atoms with Gasteiger partial charge in [-0.15, -0.1) is 0 Å². The van der Waals surface area contributed by atoms with Gasteiger partial charge in [0, 0.05) is 24.2 Å². The number of fused-ring (bicyclic) bond motifs is 1. The highest BCUT2D eigenvalue weighted by Crippen LogP contribution is 2.30. The zero-order valence-corrected chi connectivity index (χ0v) is 14.9. The molecular weight excluding hydrogens is 324 g/mol. The van der Waals surface area contributed by atoms with Gasteiger partial charge in [-0.3, -0.25) is 9.59 Å². The molecule has 0 spiro atoms. The molecule has 1 heterocycles. The molecule has 2 amide bonds. The lowest BCUT2D eigenvalue weighted by Crippen LogP contribution is -2.35. The van der Waals surface area contributed by atoms with E-state index in [-0.39, 0.29) is 17.9 Å². The molecule has 1 atom stereocenters. The Bertz CT molecular complexity index is 813. The molecule has 1 saturated heterocycles.